The van der Waals surface area contributed by atoms with Crippen LogP contribution in [0.4, 0.5) is 0 Å². The van der Waals surface area contributed by atoms with Crippen molar-refractivity contribution in [3.8, 4) is 5.75 Å². The number of benzene rings is 1. The molecule has 1 aromatic carbocycles. The number of halogens is 1. The molecule has 0 saturated carbocycles. The molecule has 0 spiro atoms. The Hall–Kier alpha value is -0.730. The Morgan fingerprint density at radius 3 is 2.67 bits per heavy atom. The first kappa shape index (κ1) is 9.36. The minimum absolute atomic E-state index is 0.561. The highest BCUT2D eigenvalue weighted by atomic mass is 35.5. The van der Waals surface area contributed by atoms with Crippen molar-refractivity contribution in [3.05, 3.63) is 28.8 Å². The van der Waals surface area contributed by atoms with Crippen LogP contribution in [0.2, 0.25) is 5.02 Å². The molecule has 1 N–H and O–H groups in total. The smallest absolute Gasteiger partial charge is 0.119 e. The van der Waals surface area contributed by atoms with Gasteiger partial charge < -0.3 is 9.84 Å². The lowest BCUT2D eigenvalue weighted by Gasteiger charge is -2.08. The maximum Gasteiger partial charge on any atom is 0.119 e. The van der Waals surface area contributed by atoms with Crippen molar-refractivity contribution in [2.24, 2.45) is 0 Å². The van der Waals surface area contributed by atoms with E-state index in [4.69, 9.17) is 16.3 Å². The van der Waals surface area contributed by atoms with Crippen molar-refractivity contribution in [2.45, 2.75) is 13.0 Å². The van der Waals surface area contributed by atoms with Crippen LogP contribution >= 0.6 is 11.6 Å². The summed E-state index contributed by atoms with van der Waals surface area (Å²) in [5.41, 5.74) is 0.691. The summed E-state index contributed by atoms with van der Waals surface area (Å²) in [6, 6.07) is 5.20. The number of aliphatic hydroxyl groups excluding tert-OH is 1. The first-order valence-corrected chi connectivity index (χ1v) is 4.04. The highest BCUT2D eigenvalue weighted by Gasteiger charge is 2.06. The predicted octanol–water partition coefficient (Wildman–Crippen LogP) is 2.40. The number of ether oxygens (including phenoxy) is 1. The van der Waals surface area contributed by atoms with Crippen LogP contribution in [0.5, 0.6) is 5.75 Å². The average molecular weight is 187 g/mol. The molecule has 1 atom stereocenters. The van der Waals surface area contributed by atoms with E-state index < -0.39 is 6.10 Å². The fourth-order valence-corrected chi connectivity index (χ4v) is 1.24. The zero-order chi connectivity index (χ0) is 9.14. The minimum atomic E-state index is -0.562. The Kier molecular flexibility index (Phi) is 2.95. The zero-order valence-corrected chi connectivity index (χ0v) is 7.80. The van der Waals surface area contributed by atoms with Gasteiger partial charge in [0.1, 0.15) is 5.75 Å². The van der Waals surface area contributed by atoms with Crippen molar-refractivity contribution in [2.75, 3.05) is 7.11 Å². The molecule has 0 radical (unpaired) electrons. The average Bonchev–Trinajstić information content (AvgIpc) is 2.05. The molecule has 1 unspecified atom stereocenters. The molecule has 0 aromatic heterocycles. The Morgan fingerprint density at radius 2 is 2.17 bits per heavy atom. The Bertz CT molecular complexity index is 271. The fraction of sp³-hybridized carbons (Fsp3) is 0.333. The summed E-state index contributed by atoms with van der Waals surface area (Å²) < 4.78 is 4.99. The zero-order valence-electron chi connectivity index (χ0n) is 7.04. The Morgan fingerprint density at radius 1 is 1.50 bits per heavy atom. The van der Waals surface area contributed by atoms with E-state index in [2.05, 4.69) is 0 Å². The monoisotopic (exact) mass is 186 g/mol. The van der Waals surface area contributed by atoms with E-state index >= 15 is 0 Å². The normalized spacial score (nSPS) is 12.7. The van der Waals surface area contributed by atoms with E-state index in [1.165, 1.54) is 0 Å². The molecule has 3 heteroatoms. The van der Waals surface area contributed by atoms with E-state index in [0.29, 0.717) is 16.3 Å². The quantitative estimate of drug-likeness (QED) is 0.769. The lowest BCUT2D eigenvalue weighted by Crippen LogP contribution is -1.93. The maximum atomic E-state index is 9.28. The van der Waals surface area contributed by atoms with Crippen LogP contribution in [0.3, 0.4) is 0 Å². The van der Waals surface area contributed by atoms with Crippen molar-refractivity contribution < 1.29 is 9.84 Å². The lowest BCUT2D eigenvalue weighted by atomic mass is 10.1. The number of methoxy groups -OCH3 is 1. The Balaban J connectivity index is 3.08. The van der Waals surface area contributed by atoms with Crippen LogP contribution in [-0.4, -0.2) is 12.2 Å². The molecule has 66 valence electrons. The van der Waals surface area contributed by atoms with E-state index in [1.54, 1.807) is 32.2 Å². The lowest BCUT2D eigenvalue weighted by molar-refractivity contribution is 0.199. The molecule has 0 bridgehead atoms. The van der Waals surface area contributed by atoms with Crippen molar-refractivity contribution in [1.29, 1.82) is 0 Å². The highest BCUT2D eigenvalue weighted by Crippen LogP contribution is 2.26. The molecular formula is C9H11ClO2. The second kappa shape index (κ2) is 3.78. The maximum absolute atomic E-state index is 9.28. The molecule has 0 heterocycles. The second-order valence-corrected chi connectivity index (χ2v) is 2.97. The third kappa shape index (κ3) is 1.90. The van der Waals surface area contributed by atoms with Gasteiger partial charge in [-0.2, -0.15) is 0 Å². The summed E-state index contributed by atoms with van der Waals surface area (Å²) in [4.78, 5) is 0. The second-order valence-electron chi connectivity index (χ2n) is 2.56. The fourth-order valence-electron chi connectivity index (χ4n) is 0.969. The van der Waals surface area contributed by atoms with Crippen molar-refractivity contribution in [1.82, 2.24) is 0 Å². The third-order valence-electron chi connectivity index (χ3n) is 1.65. The van der Waals surface area contributed by atoms with Crippen LogP contribution in [0, 0.1) is 0 Å². The summed E-state index contributed by atoms with van der Waals surface area (Å²) in [5.74, 6) is 0.704. The number of hydrogen-bond acceptors (Lipinski definition) is 2. The van der Waals surface area contributed by atoms with E-state index in [1.807, 2.05) is 0 Å². The molecule has 2 nitrogen and oxygen atoms in total. The molecule has 0 amide bonds. The third-order valence-corrected chi connectivity index (χ3v) is 2.00. The van der Waals surface area contributed by atoms with Gasteiger partial charge in [0.25, 0.3) is 0 Å². The van der Waals surface area contributed by atoms with Gasteiger partial charge in [-0.1, -0.05) is 11.6 Å². The van der Waals surface area contributed by atoms with Gasteiger partial charge in [0, 0.05) is 10.6 Å². The van der Waals surface area contributed by atoms with Crippen molar-refractivity contribution >= 4 is 11.6 Å². The standard InChI is InChI=1S/C9H11ClO2/c1-6(11)8-5-7(12-2)3-4-9(8)10/h3-6,11H,1-2H3. The highest BCUT2D eigenvalue weighted by molar-refractivity contribution is 6.31. The first-order chi connectivity index (χ1) is 5.65. The number of aliphatic hydroxyl groups is 1. The van der Waals surface area contributed by atoms with Crippen LogP contribution in [0.1, 0.15) is 18.6 Å². The molecule has 1 rings (SSSR count). The van der Waals surface area contributed by atoms with Gasteiger partial charge in [-0.3, -0.25) is 0 Å². The molecule has 1 aromatic rings. The van der Waals surface area contributed by atoms with Gasteiger partial charge in [0.05, 0.1) is 13.2 Å². The van der Waals surface area contributed by atoms with Gasteiger partial charge in [-0.15, -0.1) is 0 Å². The van der Waals surface area contributed by atoms with Gasteiger partial charge in [0.2, 0.25) is 0 Å². The van der Waals surface area contributed by atoms with Gasteiger partial charge in [-0.05, 0) is 25.1 Å². The van der Waals surface area contributed by atoms with Gasteiger partial charge in [0.15, 0.2) is 0 Å². The van der Waals surface area contributed by atoms with E-state index in [0.717, 1.165) is 0 Å². The molecular weight excluding hydrogens is 176 g/mol. The topological polar surface area (TPSA) is 29.5 Å². The number of hydrogen-bond donors (Lipinski definition) is 1. The summed E-state index contributed by atoms with van der Waals surface area (Å²) in [7, 11) is 1.58. The molecule has 12 heavy (non-hydrogen) atoms. The van der Waals surface area contributed by atoms with Gasteiger partial charge >= 0.3 is 0 Å². The van der Waals surface area contributed by atoms with Crippen molar-refractivity contribution in [3.63, 3.8) is 0 Å². The SMILES string of the molecule is COc1ccc(Cl)c(C(C)O)c1. The van der Waals surface area contributed by atoms with Crippen LogP contribution < -0.4 is 4.74 Å². The predicted molar refractivity (Wildman–Crippen MR) is 48.6 cm³/mol. The Labute approximate surface area is 76.7 Å². The summed E-state index contributed by atoms with van der Waals surface area (Å²) >= 11 is 5.83. The molecule has 0 saturated heterocycles. The molecule has 0 aliphatic heterocycles. The summed E-state index contributed by atoms with van der Waals surface area (Å²) in [6.45, 7) is 1.67. The van der Waals surface area contributed by atoms with E-state index in [-0.39, 0.29) is 0 Å². The summed E-state index contributed by atoms with van der Waals surface area (Å²) in [6.07, 6.45) is -0.562. The molecule has 0 aliphatic rings. The van der Waals surface area contributed by atoms with Crippen LogP contribution in [0.15, 0.2) is 18.2 Å². The minimum Gasteiger partial charge on any atom is -0.497 e. The van der Waals surface area contributed by atoms with Crippen LogP contribution in [-0.2, 0) is 0 Å². The largest absolute Gasteiger partial charge is 0.497 e. The molecule has 0 aliphatic carbocycles. The van der Waals surface area contributed by atoms with E-state index in [9.17, 15) is 5.11 Å². The first-order valence-electron chi connectivity index (χ1n) is 3.66. The van der Waals surface area contributed by atoms with Crippen LogP contribution in [0.25, 0.3) is 0 Å². The van der Waals surface area contributed by atoms with Gasteiger partial charge in [-0.25, -0.2) is 0 Å². The number of rotatable bonds is 2. The summed E-state index contributed by atoms with van der Waals surface area (Å²) in [5, 5.41) is 9.85. The molecule has 0 fully saturated rings.